The molecule has 0 bridgehead atoms. The van der Waals surface area contributed by atoms with Crippen LogP contribution in [0.4, 0.5) is 4.39 Å². The molecule has 0 aliphatic heterocycles. The molecule has 0 saturated heterocycles. The minimum Gasteiger partial charge on any atom is -0.324 e. The monoisotopic (exact) mass is 277 g/mol. The molecule has 0 spiro atoms. The van der Waals surface area contributed by atoms with Crippen molar-refractivity contribution in [1.82, 2.24) is 0 Å². The first kappa shape index (κ1) is 14.0. The second-order valence-electron chi connectivity index (χ2n) is 4.62. The molecule has 2 aromatic carbocycles. The van der Waals surface area contributed by atoms with Gasteiger partial charge in [-0.2, -0.15) is 0 Å². The topological polar surface area (TPSA) is 26.0 Å². The minimum atomic E-state index is -0.355. The van der Waals surface area contributed by atoms with Gasteiger partial charge in [-0.15, -0.1) is 0 Å². The molecule has 3 heteroatoms. The van der Waals surface area contributed by atoms with E-state index in [1.165, 1.54) is 6.07 Å². The highest BCUT2D eigenvalue weighted by Crippen LogP contribution is 2.23. The van der Waals surface area contributed by atoms with Crippen molar-refractivity contribution < 1.29 is 4.39 Å². The van der Waals surface area contributed by atoms with Crippen molar-refractivity contribution in [2.75, 3.05) is 0 Å². The fourth-order valence-corrected chi connectivity index (χ4v) is 2.34. The average Bonchev–Trinajstić information content (AvgIpc) is 2.44. The van der Waals surface area contributed by atoms with Gasteiger partial charge in [-0.25, -0.2) is 4.39 Å². The first-order valence-electron chi connectivity index (χ1n) is 6.42. The van der Waals surface area contributed by atoms with E-state index in [1.807, 2.05) is 36.4 Å². The van der Waals surface area contributed by atoms with Crippen molar-refractivity contribution >= 4 is 11.6 Å². The molecule has 0 saturated carbocycles. The summed E-state index contributed by atoms with van der Waals surface area (Å²) in [5.74, 6) is -0.355. The molecule has 2 N–H and O–H groups in total. The van der Waals surface area contributed by atoms with Crippen molar-refractivity contribution in [2.24, 2.45) is 5.73 Å². The van der Waals surface area contributed by atoms with Gasteiger partial charge in [0.2, 0.25) is 0 Å². The van der Waals surface area contributed by atoms with Gasteiger partial charge in [0.25, 0.3) is 0 Å². The first-order chi connectivity index (χ1) is 9.18. The van der Waals surface area contributed by atoms with Gasteiger partial charge in [-0.1, -0.05) is 54.1 Å². The molecule has 0 aliphatic rings. The Morgan fingerprint density at radius 2 is 1.79 bits per heavy atom. The van der Waals surface area contributed by atoms with Crippen LogP contribution in [0.2, 0.25) is 5.02 Å². The number of rotatable bonds is 5. The second kappa shape index (κ2) is 6.69. The quantitative estimate of drug-likeness (QED) is 0.855. The molecular formula is C16H17ClFN. The lowest BCUT2D eigenvalue weighted by Crippen LogP contribution is -2.10. The fraction of sp³-hybridized carbons (Fsp3) is 0.250. The lowest BCUT2D eigenvalue weighted by molar-refractivity contribution is 0.604. The highest BCUT2D eigenvalue weighted by molar-refractivity contribution is 6.31. The Labute approximate surface area is 118 Å². The van der Waals surface area contributed by atoms with Crippen LogP contribution < -0.4 is 5.73 Å². The number of halogens is 2. The number of aryl methyl sites for hydroxylation is 1. The predicted octanol–water partition coefficient (Wildman–Crippen LogP) is 4.50. The zero-order valence-electron chi connectivity index (χ0n) is 10.7. The van der Waals surface area contributed by atoms with Crippen molar-refractivity contribution in [1.29, 1.82) is 0 Å². The molecule has 0 radical (unpaired) electrons. The largest absolute Gasteiger partial charge is 0.324 e. The summed E-state index contributed by atoms with van der Waals surface area (Å²) in [7, 11) is 0. The van der Waals surface area contributed by atoms with E-state index in [0.717, 1.165) is 30.4 Å². The van der Waals surface area contributed by atoms with Crippen molar-refractivity contribution in [3.63, 3.8) is 0 Å². The molecule has 0 amide bonds. The molecule has 0 fully saturated rings. The van der Waals surface area contributed by atoms with E-state index in [0.29, 0.717) is 0 Å². The number of benzene rings is 2. The summed E-state index contributed by atoms with van der Waals surface area (Å²) in [6.07, 6.45) is 2.49. The third-order valence-electron chi connectivity index (χ3n) is 3.22. The van der Waals surface area contributed by atoms with Crippen molar-refractivity contribution in [3.8, 4) is 0 Å². The van der Waals surface area contributed by atoms with E-state index in [-0.39, 0.29) is 16.9 Å². The summed E-state index contributed by atoms with van der Waals surface area (Å²) in [4.78, 5) is 0. The Morgan fingerprint density at radius 3 is 2.53 bits per heavy atom. The number of nitrogens with two attached hydrogens (primary N) is 1. The van der Waals surface area contributed by atoms with Gasteiger partial charge in [0.1, 0.15) is 5.82 Å². The van der Waals surface area contributed by atoms with Crippen LogP contribution in [-0.2, 0) is 6.42 Å². The van der Waals surface area contributed by atoms with Crippen LogP contribution in [0.25, 0.3) is 0 Å². The van der Waals surface area contributed by atoms with Crippen LogP contribution in [0.3, 0.4) is 0 Å². The minimum absolute atomic E-state index is 0.0218. The summed E-state index contributed by atoms with van der Waals surface area (Å²) in [5.41, 5.74) is 8.10. The SMILES string of the molecule is NC(CCCc1cccc(F)c1Cl)c1ccccc1. The van der Waals surface area contributed by atoms with Crippen LogP contribution >= 0.6 is 11.6 Å². The maximum absolute atomic E-state index is 13.3. The van der Waals surface area contributed by atoms with Gasteiger partial charge in [0.05, 0.1) is 5.02 Å². The van der Waals surface area contributed by atoms with Crippen LogP contribution in [-0.4, -0.2) is 0 Å². The molecule has 2 rings (SSSR count). The highest BCUT2D eigenvalue weighted by Gasteiger charge is 2.08. The number of hydrogen-bond donors (Lipinski definition) is 1. The summed E-state index contributed by atoms with van der Waals surface area (Å²) in [6, 6.07) is 14.9. The molecule has 2 aromatic rings. The second-order valence-corrected chi connectivity index (χ2v) is 5.00. The van der Waals surface area contributed by atoms with Gasteiger partial charge in [-0.3, -0.25) is 0 Å². The molecule has 1 nitrogen and oxygen atoms in total. The summed E-state index contributed by atoms with van der Waals surface area (Å²) < 4.78 is 13.3. The average molecular weight is 278 g/mol. The van der Waals surface area contributed by atoms with Gasteiger partial charge in [0.15, 0.2) is 0 Å². The molecule has 1 atom stereocenters. The molecular weight excluding hydrogens is 261 g/mol. The zero-order chi connectivity index (χ0) is 13.7. The van der Waals surface area contributed by atoms with Crippen LogP contribution in [0.5, 0.6) is 0 Å². The maximum Gasteiger partial charge on any atom is 0.142 e. The van der Waals surface area contributed by atoms with Crippen LogP contribution in [0.1, 0.15) is 30.0 Å². The third-order valence-corrected chi connectivity index (χ3v) is 3.64. The van der Waals surface area contributed by atoms with Gasteiger partial charge in [-0.05, 0) is 36.5 Å². The normalized spacial score (nSPS) is 12.4. The third kappa shape index (κ3) is 3.79. The van der Waals surface area contributed by atoms with Crippen LogP contribution in [0, 0.1) is 5.82 Å². The molecule has 0 heterocycles. The summed E-state index contributed by atoms with van der Waals surface area (Å²) in [6.45, 7) is 0. The van der Waals surface area contributed by atoms with Gasteiger partial charge < -0.3 is 5.73 Å². The maximum atomic E-state index is 13.3. The van der Waals surface area contributed by atoms with E-state index in [1.54, 1.807) is 6.07 Å². The Hall–Kier alpha value is -1.38. The Balaban J connectivity index is 1.88. The standard InChI is InChI=1S/C16H17ClFN/c17-16-13(8-4-10-14(16)18)9-5-11-15(19)12-6-2-1-3-7-12/h1-4,6-8,10,15H,5,9,11,19H2. The van der Waals surface area contributed by atoms with Gasteiger partial charge >= 0.3 is 0 Å². The zero-order valence-corrected chi connectivity index (χ0v) is 11.4. The fourth-order valence-electron chi connectivity index (χ4n) is 2.12. The smallest absolute Gasteiger partial charge is 0.142 e. The van der Waals surface area contributed by atoms with Crippen LogP contribution in [0.15, 0.2) is 48.5 Å². The Kier molecular flexibility index (Phi) is 4.94. The van der Waals surface area contributed by atoms with E-state index >= 15 is 0 Å². The summed E-state index contributed by atoms with van der Waals surface area (Å²) in [5, 5.41) is 0.232. The molecule has 19 heavy (non-hydrogen) atoms. The van der Waals surface area contributed by atoms with E-state index < -0.39 is 0 Å². The van der Waals surface area contributed by atoms with E-state index in [9.17, 15) is 4.39 Å². The molecule has 1 unspecified atom stereocenters. The molecule has 0 aliphatic carbocycles. The first-order valence-corrected chi connectivity index (χ1v) is 6.79. The number of hydrogen-bond acceptors (Lipinski definition) is 1. The van der Waals surface area contributed by atoms with E-state index in [4.69, 9.17) is 17.3 Å². The van der Waals surface area contributed by atoms with Gasteiger partial charge in [0, 0.05) is 6.04 Å². The Bertz CT molecular complexity index is 528. The van der Waals surface area contributed by atoms with E-state index in [2.05, 4.69) is 0 Å². The lowest BCUT2D eigenvalue weighted by Gasteiger charge is -2.12. The highest BCUT2D eigenvalue weighted by atomic mass is 35.5. The summed E-state index contributed by atoms with van der Waals surface area (Å²) >= 11 is 5.92. The lowest BCUT2D eigenvalue weighted by atomic mass is 10.00. The molecule has 0 aromatic heterocycles. The van der Waals surface area contributed by atoms with Crippen molar-refractivity contribution in [3.05, 3.63) is 70.5 Å². The predicted molar refractivity (Wildman–Crippen MR) is 77.7 cm³/mol. The molecule has 100 valence electrons. The Morgan fingerprint density at radius 1 is 1.05 bits per heavy atom. The van der Waals surface area contributed by atoms with Crippen molar-refractivity contribution in [2.45, 2.75) is 25.3 Å².